The molecule has 1 aliphatic carbocycles. The molecule has 0 fully saturated rings. The molecule has 0 aromatic heterocycles. The first kappa shape index (κ1) is 16.7. The van der Waals surface area contributed by atoms with Gasteiger partial charge in [-0.1, -0.05) is 26.0 Å². The van der Waals surface area contributed by atoms with E-state index in [-0.39, 0.29) is 24.3 Å². The Kier molecular flexibility index (Phi) is 6.71. The molecule has 5 nitrogen and oxygen atoms in total. The van der Waals surface area contributed by atoms with Crippen molar-refractivity contribution in [3.8, 4) is 0 Å². The maximum atomic E-state index is 11.9. The Balaban J connectivity index is 2.27. The number of carboxylic acids is 1. The van der Waals surface area contributed by atoms with E-state index in [0.717, 1.165) is 6.42 Å². The third-order valence-electron chi connectivity index (χ3n) is 3.94. The van der Waals surface area contributed by atoms with Gasteiger partial charge in [-0.2, -0.15) is 0 Å². The van der Waals surface area contributed by atoms with Gasteiger partial charge in [-0.25, -0.2) is 0 Å². The van der Waals surface area contributed by atoms with Crippen LogP contribution in [-0.4, -0.2) is 29.6 Å². The largest absolute Gasteiger partial charge is 0.481 e. The van der Waals surface area contributed by atoms with E-state index in [4.69, 9.17) is 10.8 Å². The minimum absolute atomic E-state index is 0.00951. The van der Waals surface area contributed by atoms with Crippen molar-refractivity contribution in [1.29, 1.82) is 0 Å². The van der Waals surface area contributed by atoms with E-state index in [0.29, 0.717) is 31.2 Å². The molecule has 0 spiro atoms. The van der Waals surface area contributed by atoms with Gasteiger partial charge in [0, 0.05) is 19.0 Å². The average molecular weight is 282 g/mol. The van der Waals surface area contributed by atoms with Crippen molar-refractivity contribution in [1.82, 2.24) is 5.32 Å². The van der Waals surface area contributed by atoms with Gasteiger partial charge >= 0.3 is 5.97 Å². The minimum atomic E-state index is -0.759. The molecule has 1 rings (SSSR count). The number of carbonyl (C=O) groups is 2. The number of nitrogens with two attached hydrogens (primary N) is 1. The molecule has 0 bridgehead atoms. The van der Waals surface area contributed by atoms with Crippen LogP contribution in [0.25, 0.3) is 0 Å². The average Bonchev–Trinajstić information content (AvgIpc) is 2.79. The summed E-state index contributed by atoms with van der Waals surface area (Å²) in [6.45, 7) is 4.78. The van der Waals surface area contributed by atoms with Crippen LogP contribution in [0.3, 0.4) is 0 Å². The lowest BCUT2D eigenvalue weighted by Crippen LogP contribution is -2.32. The second-order valence-electron chi connectivity index (χ2n) is 5.91. The van der Waals surface area contributed by atoms with Crippen LogP contribution in [-0.2, 0) is 9.59 Å². The second-order valence-corrected chi connectivity index (χ2v) is 5.91. The molecule has 5 heteroatoms. The Morgan fingerprint density at radius 3 is 2.55 bits per heavy atom. The number of nitrogens with one attached hydrogen (secondary N) is 1. The van der Waals surface area contributed by atoms with Gasteiger partial charge in [-0.3, -0.25) is 9.59 Å². The SMILES string of the molecule is CC(C)C(CCNC(=O)C1C=CC(N)C1)CCC(=O)O. The first-order chi connectivity index (χ1) is 9.40. The summed E-state index contributed by atoms with van der Waals surface area (Å²) in [4.78, 5) is 22.5. The lowest BCUT2D eigenvalue weighted by atomic mass is 9.88. The fourth-order valence-electron chi connectivity index (χ4n) is 2.55. The maximum Gasteiger partial charge on any atom is 0.303 e. The molecule has 0 aliphatic heterocycles. The Morgan fingerprint density at radius 2 is 2.05 bits per heavy atom. The highest BCUT2D eigenvalue weighted by molar-refractivity contribution is 5.81. The first-order valence-corrected chi connectivity index (χ1v) is 7.33. The van der Waals surface area contributed by atoms with E-state index in [9.17, 15) is 9.59 Å². The maximum absolute atomic E-state index is 11.9. The monoisotopic (exact) mass is 282 g/mol. The van der Waals surface area contributed by atoms with Crippen molar-refractivity contribution in [2.45, 2.75) is 45.6 Å². The molecule has 1 amide bonds. The summed E-state index contributed by atoms with van der Waals surface area (Å²) in [5, 5.41) is 11.7. The zero-order valence-electron chi connectivity index (χ0n) is 12.3. The molecule has 0 radical (unpaired) electrons. The molecule has 20 heavy (non-hydrogen) atoms. The van der Waals surface area contributed by atoms with Crippen LogP contribution in [0.15, 0.2) is 12.2 Å². The van der Waals surface area contributed by atoms with E-state index in [2.05, 4.69) is 19.2 Å². The fourth-order valence-corrected chi connectivity index (χ4v) is 2.55. The highest BCUT2D eigenvalue weighted by Crippen LogP contribution is 2.21. The van der Waals surface area contributed by atoms with Crippen molar-refractivity contribution in [3.63, 3.8) is 0 Å². The van der Waals surface area contributed by atoms with Crippen LogP contribution in [0.2, 0.25) is 0 Å². The van der Waals surface area contributed by atoms with E-state index >= 15 is 0 Å². The smallest absolute Gasteiger partial charge is 0.303 e. The molecule has 3 unspecified atom stereocenters. The number of carbonyl (C=O) groups excluding carboxylic acids is 1. The lowest BCUT2D eigenvalue weighted by Gasteiger charge is -2.20. The molecule has 0 aromatic carbocycles. The van der Waals surface area contributed by atoms with Crippen LogP contribution < -0.4 is 11.1 Å². The number of hydrogen-bond donors (Lipinski definition) is 3. The van der Waals surface area contributed by atoms with Crippen molar-refractivity contribution in [3.05, 3.63) is 12.2 Å². The molecule has 4 N–H and O–H groups in total. The van der Waals surface area contributed by atoms with Gasteiger partial charge in [-0.05, 0) is 31.1 Å². The molecule has 114 valence electrons. The van der Waals surface area contributed by atoms with Crippen molar-refractivity contribution < 1.29 is 14.7 Å². The molecule has 0 saturated carbocycles. The van der Waals surface area contributed by atoms with E-state index in [1.807, 2.05) is 12.2 Å². The zero-order valence-corrected chi connectivity index (χ0v) is 12.3. The number of aliphatic carboxylic acids is 1. The van der Waals surface area contributed by atoms with Gasteiger partial charge in [-0.15, -0.1) is 0 Å². The quantitative estimate of drug-likeness (QED) is 0.589. The molecular weight excluding hydrogens is 256 g/mol. The molecule has 1 aliphatic rings. The van der Waals surface area contributed by atoms with Gasteiger partial charge < -0.3 is 16.2 Å². The highest BCUT2D eigenvalue weighted by atomic mass is 16.4. The lowest BCUT2D eigenvalue weighted by molar-refractivity contribution is -0.137. The van der Waals surface area contributed by atoms with Crippen LogP contribution in [0.1, 0.15) is 39.5 Å². The predicted molar refractivity (Wildman–Crippen MR) is 78.0 cm³/mol. The summed E-state index contributed by atoms with van der Waals surface area (Å²) in [5.41, 5.74) is 5.73. The third kappa shape index (κ3) is 5.74. The summed E-state index contributed by atoms with van der Waals surface area (Å²) in [7, 11) is 0. The van der Waals surface area contributed by atoms with E-state index < -0.39 is 5.97 Å². The highest BCUT2D eigenvalue weighted by Gasteiger charge is 2.22. The standard InChI is InChI=1S/C15H26N2O3/c1-10(2)11(4-6-14(18)19)7-8-17-15(20)12-3-5-13(16)9-12/h3,5,10-13H,4,6-9,16H2,1-2H3,(H,17,20)(H,18,19). The summed E-state index contributed by atoms with van der Waals surface area (Å²) in [5.74, 6) is -0.0972. The Hall–Kier alpha value is -1.36. The molecule has 3 atom stereocenters. The summed E-state index contributed by atoms with van der Waals surface area (Å²) in [6.07, 6.45) is 6.09. The summed E-state index contributed by atoms with van der Waals surface area (Å²) in [6, 6.07) is -0.00951. The molecule has 0 saturated heterocycles. The normalized spacial score (nSPS) is 23.0. The van der Waals surface area contributed by atoms with E-state index in [1.54, 1.807) is 0 Å². The van der Waals surface area contributed by atoms with Crippen LogP contribution in [0, 0.1) is 17.8 Å². The van der Waals surface area contributed by atoms with Crippen molar-refractivity contribution >= 4 is 11.9 Å². The second kappa shape index (κ2) is 8.04. The summed E-state index contributed by atoms with van der Waals surface area (Å²) >= 11 is 0. The van der Waals surface area contributed by atoms with Gasteiger partial charge in [0.1, 0.15) is 0 Å². The Morgan fingerprint density at radius 1 is 1.35 bits per heavy atom. The topological polar surface area (TPSA) is 92.4 Å². The zero-order chi connectivity index (χ0) is 15.1. The number of amides is 1. The van der Waals surface area contributed by atoms with Crippen molar-refractivity contribution in [2.24, 2.45) is 23.5 Å². The predicted octanol–water partition coefficient (Wildman–Crippen LogP) is 1.53. The van der Waals surface area contributed by atoms with E-state index in [1.165, 1.54) is 0 Å². The third-order valence-corrected chi connectivity index (χ3v) is 3.94. The number of carboxylic acid groups (broad SMARTS) is 1. The molecular formula is C15H26N2O3. The minimum Gasteiger partial charge on any atom is -0.481 e. The van der Waals surface area contributed by atoms with Crippen molar-refractivity contribution in [2.75, 3.05) is 6.54 Å². The van der Waals surface area contributed by atoms with Gasteiger partial charge in [0.05, 0.1) is 5.92 Å². The molecule has 0 heterocycles. The number of rotatable bonds is 8. The van der Waals surface area contributed by atoms with Gasteiger partial charge in [0.15, 0.2) is 0 Å². The van der Waals surface area contributed by atoms with Crippen LogP contribution in [0.4, 0.5) is 0 Å². The van der Waals surface area contributed by atoms with Gasteiger partial charge in [0.25, 0.3) is 0 Å². The first-order valence-electron chi connectivity index (χ1n) is 7.33. The van der Waals surface area contributed by atoms with Gasteiger partial charge in [0.2, 0.25) is 5.91 Å². The summed E-state index contributed by atoms with van der Waals surface area (Å²) < 4.78 is 0. The van der Waals surface area contributed by atoms with Crippen LogP contribution >= 0.6 is 0 Å². The van der Waals surface area contributed by atoms with Crippen LogP contribution in [0.5, 0.6) is 0 Å². The fraction of sp³-hybridized carbons (Fsp3) is 0.733. The molecule has 0 aromatic rings. The number of hydrogen-bond acceptors (Lipinski definition) is 3. The Labute approximate surface area is 120 Å². The Bertz CT molecular complexity index is 366.